The summed E-state index contributed by atoms with van der Waals surface area (Å²) in [5, 5.41) is 0.432. The molecule has 5 heteroatoms. The van der Waals surface area contributed by atoms with Crippen molar-refractivity contribution in [1.82, 2.24) is 9.80 Å². The molecule has 1 atom stereocenters. The highest BCUT2D eigenvalue weighted by Gasteiger charge is 2.22. The predicted molar refractivity (Wildman–Crippen MR) is 67.9 cm³/mol. The lowest BCUT2D eigenvalue weighted by Gasteiger charge is -2.37. The van der Waals surface area contributed by atoms with Crippen LogP contribution in [0.5, 0.6) is 0 Å². The molecular weight excluding hydrogens is 214 g/mol. The van der Waals surface area contributed by atoms with Gasteiger partial charge in [0.25, 0.3) is 0 Å². The van der Waals surface area contributed by atoms with Gasteiger partial charge in [0.05, 0.1) is 11.9 Å². The van der Waals surface area contributed by atoms with Crippen LogP contribution >= 0.6 is 22.5 Å². The minimum absolute atomic E-state index is 0.432. The largest absolute Gasteiger partial charge is 0.361 e. The fourth-order valence-corrected chi connectivity index (χ4v) is 2.12. The van der Waals surface area contributed by atoms with Gasteiger partial charge >= 0.3 is 0 Å². The summed E-state index contributed by atoms with van der Waals surface area (Å²) >= 11 is 4.23. The second-order valence-corrected chi connectivity index (χ2v) is 4.85. The van der Waals surface area contributed by atoms with Gasteiger partial charge in [0.2, 0.25) is 0 Å². The first kappa shape index (κ1) is 11.9. The molecule has 0 saturated carbocycles. The molecule has 0 aromatic heterocycles. The fourth-order valence-electron chi connectivity index (χ4n) is 1.41. The fraction of sp³-hybridized carbons (Fsp3) is 0.667. The SMILES string of the molecule is C=C/N=C1/CN(C(C)SS)CCN1C. The van der Waals surface area contributed by atoms with E-state index in [4.69, 9.17) is 0 Å². The molecule has 3 nitrogen and oxygen atoms in total. The Morgan fingerprint density at radius 3 is 2.93 bits per heavy atom. The van der Waals surface area contributed by atoms with Gasteiger partial charge in [-0.2, -0.15) is 0 Å². The van der Waals surface area contributed by atoms with E-state index in [0.29, 0.717) is 5.37 Å². The van der Waals surface area contributed by atoms with Gasteiger partial charge in [0, 0.05) is 26.3 Å². The summed E-state index contributed by atoms with van der Waals surface area (Å²) in [5.74, 6) is 1.08. The predicted octanol–water partition coefficient (Wildman–Crippen LogP) is 1.70. The maximum absolute atomic E-state index is 4.26. The first-order chi connectivity index (χ1) is 6.69. The van der Waals surface area contributed by atoms with Crippen LogP contribution in [0.15, 0.2) is 17.8 Å². The molecule has 80 valence electrons. The minimum Gasteiger partial charge on any atom is -0.361 e. The molecule has 0 aliphatic carbocycles. The van der Waals surface area contributed by atoms with E-state index in [9.17, 15) is 0 Å². The molecule has 0 aromatic carbocycles. The third kappa shape index (κ3) is 2.93. The molecule has 0 aromatic rings. The number of hydrogen-bond donors (Lipinski definition) is 1. The van der Waals surface area contributed by atoms with Crippen LogP contribution in [0.2, 0.25) is 0 Å². The average molecular weight is 231 g/mol. The third-order valence-electron chi connectivity index (χ3n) is 2.41. The molecule has 0 amide bonds. The molecule has 14 heavy (non-hydrogen) atoms. The zero-order valence-corrected chi connectivity index (χ0v) is 10.4. The molecule has 1 rings (SSSR count). The summed E-state index contributed by atoms with van der Waals surface area (Å²) in [6, 6.07) is 0. The molecule has 1 heterocycles. The van der Waals surface area contributed by atoms with Crippen LogP contribution in [0, 0.1) is 0 Å². The van der Waals surface area contributed by atoms with Gasteiger partial charge < -0.3 is 4.90 Å². The summed E-state index contributed by atoms with van der Waals surface area (Å²) in [6.45, 7) is 8.76. The van der Waals surface area contributed by atoms with Crippen LogP contribution < -0.4 is 0 Å². The van der Waals surface area contributed by atoms with E-state index in [1.165, 1.54) is 0 Å². The van der Waals surface area contributed by atoms with Gasteiger partial charge in [-0.15, -0.1) is 11.7 Å². The normalized spacial score (nSPS) is 23.9. The van der Waals surface area contributed by atoms with Gasteiger partial charge in [-0.05, 0) is 6.92 Å². The van der Waals surface area contributed by atoms with Crippen molar-refractivity contribution in [2.75, 3.05) is 26.7 Å². The van der Waals surface area contributed by atoms with Gasteiger partial charge in [0.1, 0.15) is 5.84 Å². The van der Waals surface area contributed by atoms with Crippen LogP contribution in [0.4, 0.5) is 0 Å². The summed E-state index contributed by atoms with van der Waals surface area (Å²) in [4.78, 5) is 8.80. The monoisotopic (exact) mass is 231 g/mol. The van der Waals surface area contributed by atoms with Crippen molar-refractivity contribution in [3.05, 3.63) is 12.8 Å². The summed E-state index contributed by atoms with van der Waals surface area (Å²) in [6.07, 6.45) is 1.60. The number of hydrogen-bond acceptors (Lipinski definition) is 4. The van der Waals surface area contributed by atoms with Gasteiger partial charge in [0.15, 0.2) is 0 Å². The Morgan fingerprint density at radius 1 is 1.64 bits per heavy atom. The van der Waals surface area contributed by atoms with Crippen molar-refractivity contribution in [2.45, 2.75) is 12.3 Å². The van der Waals surface area contributed by atoms with Crippen molar-refractivity contribution in [3.63, 3.8) is 0 Å². The van der Waals surface area contributed by atoms with Crippen LogP contribution in [0.1, 0.15) is 6.92 Å². The second kappa shape index (κ2) is 5.68. The van der Waals surface area contributed by atoms with E-state index in [2.05, 4.69) is 47.0 Å². The van der Waals surface area contributed by atoms with Crippen LogP contribution in [0.25, 0.3) is 0 Å². The Bertz CT molecular complexity index is 230. The maximum atomic E-state index is 4.26. The zero-order chi connectivity index (χ0) is 10.6. The number of nitrogens with zero attached hydrogens (tertiary/aromatic N) is 3. The standard InChI is InChI=1S/C9H17N3S2/c1-4-10-9-7-12(8(2)14-13)6-5-11(9)3/h4,8,13H,1,5-7H2,2-3H3/b10-9-. The van der Waals surface area contributed by atoms with E-state index in [0.717, 1.165) is 25.5 Å². The Balaban J connectivity index is 2.61. The first-order valence-corrected chi connectivity index (χ1v) is 6.55. The Morgan fingerprint density at radius 2 is 2.36 bits per heavy atom. The highest BCUT2D eigenvalue weighted by Crippen LogP contribution is 2.20. The smallest absolute Gasteiger partial charge is 0.118 e. The summed E-state index contributed by atoms with van der Waals surface area (Å²) in [5.41, 5.74) is 0. The maximum Gasteiger partial charge on any atom is 0.118 e. The average Bonchev–Trinajstić information content (AvgIpc) is 2.20. The molecule has 1 unspecified atom stereocenters. The lowest BCUT2D eigenvalue weighted by Crippen LogP contribution is -2.50. The summed E-state index contributed by atoms with van der Waals surface area (Å²) < 4.78 is 0. The molecule has 0 spiro atoms. The molecular formula is C9H17N3S2. The number of rotatable bonds is 3. The van der Waals surface area contributed by atoms with E-state index in [1.807, 2.05) is 0 Å². The Labute approximate surface area is 95.1 Å². The highest BCUT2D eigenvalue weighted by molar-refractivity contribution is 8.68. The highest BCUT2D eigenvalue weighted by atomic mass is 33.1. The second-order valence-electron chi connectivity index (χ2n) is 3.32. The molecule has 1 aliphatic rings. The van der Waals surface area contributed by atoms with Gasteiger partial charge in [-0.3, -0.25) is 4.90 Å². The van der Waals surface area contributed by atoms with Crippen molar-refractivity contribution in [1.29, 1.82) is 0 Å². The zero-order valence-electron chi connectivity index (χ0n) is 8.68. The van der Waals surface area contributed by atoms with E-state index >= 15 is 0 Å². The van der Waals surface area contributed by atoms with E-state index in [-0.39, 0.29) is 0 Å². The van der Waals surface area contributed by atoms with Crippen LogP contribution in [-0.2, 0) is 0 Å². The quantitative estimate of drug-likeness (QED) is 0.589. The van der Waals surface area contributed by atoms with Gasteiger partial charge in [-0.25, -0.2) is 4.99 Å². The van der Waals surface area contributed by atoms with Crippen molar-refractivity contribution >= 4 is 28.3 Å². The van der Waals surface area contributed by atoms with Crippen LogP contribution in [-0.4, -0.2) is 47.7 Å². The Hall–Kier alpha value is -0.130. The van der Waals surface area contributed by atoms with Crippen molar-refractivity contribution < 1.29 is 0 Å². The topological polar surface area (TPSA) is 18.8 Å². The van der Waals surface area contributed by atoms with E-state index < -0.39 is 0 Å². The molecule has 1 aliphatic heterocycles. The number of piperazine rings is 1. The number of likely N-dealkylation sites (N-methyl/N-ethyl adjacent to an activating group) is 1. The molecule has 0 radical (unpaired) electrons. The number of aliphatic imine (C=N–C) groups is 1. The first-order valence-electron chi connectivity index (χ1n) is 4.62. The van der Waals surface area contributed by atoms with Gasteiger partial charge in [-0.1, -0.05) is 17.4 Å². The number of amidine groups is 1. The lowest BCUT2D eigenvalue weighted by atomic mass is 10.3. The Kier molecular flexibility index (Phi) is 4.84. The summed E-state index contributed by atoms with van der Waals surface area (Å²) in [7, 11) is 3.64. The lowest BCUT2D eigenvalue weighted by molar-refractivity contribution is 0.240. The minimum atomic E-state index is 0.432. The molecule has 0 N–H and O–H groups in total. The van der Waals surface area contributed by atoms with E-state index in [1.54, 1.807) is 17.0 Å². The molecule has 0 bridgehead atoms. The molecule has 1 saturated heterocycles. The van der Waals surface area contributed by atoms with Crippen LogP contribution in [0.3, 0.4) is 0 Å². The third-order valence-corrected chi connectivity index (χ3v) is 3.93. The molecule has 1 fully saturated rings. The van der Waals surface area contributed by atoms with Crippen molar-refractivity contribution in [2.24, 2.45) is 4.99 Å². The van der Waals surface area contributed by atoms with Crippen molar-refractivity contribution in [3.8, 4) is 0 Å². The number of thiol groups is 1.